The van der Waals surface area contributed by atoms with E-state index in [1.54, 1.807) is 6.07 Å². The predicted molar refractivity (Wildman–Crippen MR) is 77.8 cm³/mol. The Labute approximate surface area is 120 Å². The van der Waals surface area contributed by atoms with Gasteiger partial charge in [0.1, 0.15) is 12.4 Å². The molecule has 0 aromatic heterocycles. The molecular formula is C15H23ClO3. The molecule has 0 aliphatic carbocycles. The molecule has 1 unspecified atom stereocenters. The molecule has 0 aliphatic rings. The van der Waals surface area contributed by atoms with E-state index < -0.39 is 6.10 Å². The minimum atomic E-state index is -0.553. The van der Waals surface area contributed by atoms with Gasteiger partial charge in [0.15, 0.2) is 0 Å². The number of hydrogen-bond donors (Lipinski definition) is 2. The molecule has 4 heteroatoms. The first-order valence-electron chi connectivity index (χ1n) is 6.52. The first-order chi connectivity index (χ1) is 8.84. The highest BCUT2D eigenvalue weighted by atomic mass is 35.5. The number of aryl methyl sites for hydroxylation is 1. The van der Waals surface area contributed by atoms with Crippen LogP contribution in [0.25, 0.3) is 0 Å². The third-order valence-corrected chi connectivity index (χ3v) is 3.41. The van der Waals surface area contributed by atoms with Crippen molar-refractivity contribution in [3.05, 3.63) is 28.8 Å². The molecule has 0 aliphatic heterocycles. The summed E-state index contributed by atoms with van der Waals surface area (Å²) in [7, 11) is 0. The van der Waals surface area contributed by atoms with Crippen molar-refractivity contribution in [1.29, 1.82) is 0 Å². The topological polar surface area (TPSA) is 49.7 Å². The second kappa shape index (κ2) is 7.13. The van der Waals surface area contributed by atoms with Gasteiger partial charge in [-0.05, 0) is 42.9 Å². The van der Waals surface area contributed by atoms with Crippen molar-refractivity contribution in [3.8, 4) is 5.75 Å². The SMILES string of the molecule is Cc1ccc(Cl)c(OCC(O)CCC(C)(C)CO)c1. The van der Waals surface area contributed by atoms with Crippen molar-refractivity contribution in [3.63, 3.8) is 0 Å². The van der Waals surface area contributed by atoms with Crippen molar-refractivity contribution in [2.24, 2.45) is 5.41 Å². The molecule has 0 bridgehead atoms. The maximum atomic E-state index is 9.88. The molecule has 0 radical (unpaired) electrons. The summed E-state index contributed by atoms with van der Waals surface area (Å²) in [6.45, 7) is 6.23. The van der Waals surface area contributed by atoms with Crippen LogP contribution >= 0.6 is 11.6 Å². The highest BCUT2D eigenvalue weighted by molar-refractivity contribution is 6.32. The zero-order valence-corrected chi connectivity index (χ0v) is 12.6. The predicted octanol–water partition coefficient (Wildman–Crippen LogP) is 3.19. The summed E-state index contributed by atoms with van der Waals surface area (Å²) in [6.07, 6.45) is 0.787. The van der Waals surface area contributed by atoms with Crippen LogP contribution in [0.4, 0.5) is 0 Å². The number of rotatable bonds is 7. The molecule has 1 rings (SSSR count). The van der Waals surface area contributed by atoms with E-state index in [2.05, 4.69) is 0 Å². The van der Waals surface area contributed by atoms with Gasteiger partial charge in [0, 0.05) is 6.61 Å². The van der Waals surface area contributed by atoms with Crippen LogP contribution in [0.1, 0.15) is 32.3 Å². The minimum absolute atomic E-state index is 0.115. The first kappa shape index (κ1) is 16.3. The van der Waals surface area contributed by atoms with Crippen LogP contribution in [0.3, 0.4) is 0 Å². The molecule has 1 aromatic carbocycles. The lowest BCUT2D eigenvalue weighted by Gasteiger charge is -2.23. The third-order valence-electron chi connectivity index (χ3n) is 3.10. The van der Waals surface area contributed by atoms with Gasteiger partial charge in [0.2, 0.25) is 0 Å². The standard InChI is InChI=1S/C15H23ClO3/c1-11-4-5-13(16)14(8-11)19-9-12(18)6-7-15(2,3)10-17/h4-5,8,12,17-18H,6-7,9-10H2,1-3H3. The Bertz CT molecular complexity index is 404. The molecule has 0 amide bonds. The summed E-state index contributed by atoms with van der Waals surface area (Å²) in [6, 6.07) is 5.55. The number of benzene rings is 1. The van der Waals surface area contributed by atoms with Crippen LogP contribution in [0.5, 0.6) is 5.75 Å². The zero-order valence-electron chi connectivity index (χ0n) is 11.8. The van der Waals surface area contributed by atoms with Crippen LogP contribution in [0, 0.1) is 12.3 Å². The Morgan fingerprint density at radius 3 is 2.68 bits per heavy atom. The lowest BCUT2D eigenvalue weighted by Crippen LogP contribution is -2.23. The molecular weight excluding hydrogens is 264 g/mol. The van der Waals surface area contributed by atoms with Crippen molar-refractivity contribution >= 4 is 11.6 Å². The van der Waals surface area contributed by atoms with Crippen LogP contribution in [-0.2, 0) is 0 Å². The Morgan fingerprint density at radius 2 is 2.05 bits per heavy atom. The number of halogens is 1. The van der Waals surface area contributed by atoms with E-state index in [0.717, 1.165) is 12.0 Å². The maximum Gasteiger partial charge on any atom is 0.138 e. The third kappa shape index (κ3) is 5.81. The molecule has 0 saturated carbocycles. The summed E-state index contributed by atoms with van der Waals surface area (Å²) >= 11 is 6.01. The fourth-order valence-corrected chi connectivity index (χ4v) is 1.80. The van der Waals surface area contributed by atoms with Gasteiger partial charge in [-0.1, -0.05) is 31.5 Å². The van der Waals surface area contributed by atoms with E-state index in [9.17, 15) is 5.11 Å². The van der Waals surface area contributed by atoms with E-state index in [0.29, 0.717) is 17.2 Å². The number of hydrogen-bond acceptors (Lipinski definition) is 3. The van der Waals surface area contributed by atoms with E-state index in [1.165, 1.54) is 0 Å². The Hall–Kier alpha value is -0.770. The summed E-state index contributed by atoms with van der Waals surface area (Å²) in [5, 5.41) is 19.6. The van der Waals surface area contributed by atoms with E-state index in [-0.39, 0.29) is 18.6 Å². The van der Waals surface area contributed by atoms with Crippen LogP contribution in [0.2, 0.25) is 5.02 Å². The summed E-state index contributed by atoms with van der Waals surface area (Å²) < 4.78 is 5.53. The van der Waals surface area contributed by atoms with Gasteiger partial charge in [0.05, 0.1) is 11.1 Å². The molecule has 0 saturated heterocycles. The van der Waals surface area contributed by atoms with Crippen molar-refractivity contribution in [2.75, 3.05) is 13.2 Å². The van der Waals surface area contributed by atoms with Crippen molar-refractivity contribution in [2.45, 2.75) is 39.7 Å². The average Bonchev–Trinajstić information content (AvgIpc) is 2.37. The fourth-order valence-electron chi connectivity index (χ4n) is 1.63. The van der Waals surface area contributed by atoms with Gasteiger partial charge in [-0.3, -0.25) is 0 Å². The fraction of sp³-hybridized carbons (Fsp3) is 0.600. The highest BCUT2D eigenvalue weighted by Crippen LogP contribution is 2.26. The van der Waals surface area contributed by atoms with E-state index >= 15 is 0 Å². The zero-order chi connectivity index (χ0) is 14.5. The molecule has 2 N–H and O–H groups in total. The lowest BCUT2D eigenvalue weighted by molar-refractivity contribution is 0.0738. The van der Waals surface area contributed by atoms with Crippen LogP contribution in [-0.4, -0.2) is 29.5 Å². The highest BCUT2D eigenvalue weighted by Gasteiger charge is 2.18. The summed E-state index contributed by atoms with van der Waals surface area (Å²) in [4.78, 5) is 0. The normalized spacial score (nSPS) is 13.4. The van der Waals surface area contributed by atoms with E-state index in [4.69, 9.17) is 21.4 Å². The van der Waals surface area contributed by atoms with Gasteiger partial charge in [0.25, 0.3) is 0 Å². The van der Waals surface area contributed by atoms with Crippen LogP contribution < -0.4 is 4.74 Å². The largest absolute Gasteiger partial charge is 0.489 e. The molecule has 19 heavy (non-hydrogen) atoms. The maximum absolute atomic E-state index is 9.88. The second-order valence-corrected chi connectivity index (χ2v) is 6.17. The number of ether oxygens (including phenoxy) is 1. The van der Waals surface area contributed by atoms with Crippen molar-refractivity contribution in [1.82, 2.24) is 0 Å². The second-order valence-electron chi connectivity index (χ2n) is 5.76. The molecule has 108 valence electrons. The Kier molecular flexibility index (Phi) is 6.11. The number of aliphatic hydroxyl groups excluding tert-OH is 2. The summed E-state index contributed by atoms with van der Waals surface area (Å²) in [5.74, 6) is 0.599. The number of aliphatic hydroxyl groups is 2. The van der Waals surface area contributed by atoms with Crippen molar-refractivity contribution < 1.29 is 14.9 Å². The average molecular weight is 287 g/mol. The molecule has 0 fully saturated rings. The minimum Gasteiger partial charge on any atom is -0.489 e. The van der Waals surface area contributed by atoms with Gasteiger partial charge in [-0.25, -0.2) is 0 Å². The van der Waals surface area contributed by atoms with Gasteiger partial charge in [-0.15, -0.1) is 0 Å². The smallest absolute Gasteiger partial charge is 0.138 e. The quantitative estimate of drug-likeness (QED) is 0.809. The van der Waals surface area contributed by atoms with Gasteiger partial charge < -0.3 is 14.9 Å². The Balaban J connectivity index is 2.42. The monoisotopic (exact) mass is 286 g/mol. The molecule has 1 atom stereocenters. The molecule has 3 nitrogen and oxygen atoms in total. The first-order valence-corrected chi connectivity index (χ1v) is 6.90. The van der Waals surface area contributed by atoms with Gasteiger partial charge >= 0.3 is 0 Å². The molecule has 1 aromatic rings. The lowest BCUT2D eigenvalue weighted by atomic mass is 9.88. The van der Waals surface area contributed by atoms with E-state index in [1.807, 2.05) is 32.9 Å². The summed E-state index contributed by atoms with van der Waals surface area (Å²) in [5.41, 5.74) is 0.900. The van der Waals surface area contributed by atoms with Crippen LogP contribution in [0.15, 0.2) is 18.2 Å². The van der Waals surface area contributed by atoms with Gasteiger partial charge in [-0.2, -0.15) is 0 Å². The molecule has 0 heterocycles. The molecule has 0 spiro atoms. The Morgan fingerprint density at radius 1 is 1.37 bits per heavy atom.